The number of furan rings is 1. The van der Waals surface area contributed by atoms with E-state index in [1.165, 1.54) is 31.0 Å². The third-order valence-corrected chi connectivity index (χ3v) is 5.11. The molecule has 30 heavy (non-hydrogen) atoms. The van der Waals surface area contributed by atoms with Gasteiger partial charge in [-0.15, -0.1) is 0 Å². The maximum Gasteiger partial charge on any atom is 0.276 e. The Kier molecular flexibility index (Phi) is 5.62. The lowest BCUT2D eigenvalue weighted by molar-refractivity contribution is 0.0953. The first kappa shape index (κ1) is 19.8. The summed E-state index contributed by atoms with van der Waals surface area (Å²) in [4.78, 5) is 27.4. The van der Waals surface area contributed by atoms with Crippen LogP contribution < -0.4 is 21.1 Å². The van der Waals surface area contributed by atoms with Crippen molar-refractivity contribution in [2.45, 2.75) is 13.5 Å². The van der Waals surface area contributed by atoms with Gasteiger partial charge in [-0.2, -0.15) is 5.10 Å². The van der Waals surface area contributed by atoms with Crippen molar-refractivity contribution in [1.82, 2.24) is 15.3 Å². The van der Waals surface area contributed by atoms with E-state index in [2.05, 4.69) is 15.8 Å². The number of benzene rings is 1. The molecule has 0 spiro atoms. The van der Waals surface area contributed by atoms with Gasteiger partial charge in [0.05, 0.1) is 29.9 Å². The summed E-state index contributed by atoms with van der Waals surface area (Å²) in [6.45, 7) is 5.34. The van der Waals surface area contributed by atoms with E-state index < -0.39 is 17.2 Å². The zero-order chi connectivity index (χ0) is 21.1. The molecule has 2 aromatic heterocycles. The molecule has 0 atom stereocenters. The number of aromatic nitrogens is 1. The average Bonchev–Trinajstić information content (AvgIpc) is 3.28. The molecule has 1 fully saturated rings. The summed E-state index contributed by atoms with van der Waals surface area (Å²) >= 11 is 0. The van der Waals surface area contributed by atoms with Crippen LogP contribution in [0.4, 0.5) is 10.1 Å². The van der Waals surface area contributed by atoms with E-state index in [1.807, 2.05) is 11.8 Å². The van der Waals surface area contributed by atoms with Gasteiger partial charge in [0, 0.05) is 49.9 Å². The Hall–Kier alpha value is -3.46. The second-order valence-electron chi connectivity index (χ2n) is 6.97. The molecule has 0 bridgehead atoms. The molecule has 0 radical (unpaired) electrons. The first-order valence-corrected chi connectivity index (χ1v) is 9.76. The van der Waals surface area contributed by atoms with Gasteiger partial charge in [0.15, 0.2) is 0 Å². The van der Waals surface area contributed by atoms with E-state index in [-0.39, 0.29) is 10.9 Å². The highest BCUT2D eigenvalue weighted by molar-refractivity contribution is 5.98. The van der Waals surface area contributed by atoms with Crippen LogP contribution in [0.5, 0.6) is 0 Å². The third kappa shape index (κ3) is 3.84. The Bertz CT molecular complexity index is 1150. The zero-order valence-corrected chi connectivity index (χ0v) is 16.5. The molecule has 0 aliphatic carbocycles. The van der Waals surface area contributed by atoms with Gasteiger partial charge in [0.2, 0.25) is 5.43 Å². The van der Waals surface area contributed by atoms with Crippen LogP contribution in [0, 0.1) is 5.82 Å². The van der Waals surface area contributed by atoms with Gasteiger partial charge in [0.1, 0.15) is 11.4 Å². The Morgan fingerprint density at radius 2 is 2.17 bits per heavy atom. The number of amides is 1. The number of hydrogen-bond acceptors (Lipinski definition) is 6. The minimum Gasteiger partial charge on any atom is -0.472 e. The molecule has 1 aromatic carbocycles. The Balaban J connectivity index is 1.70. The molecule has 0 unspecified atom stereocenters. The van der Waals surface area contributed by atoms with Crippen molar-refractivity contribution >= 4 is 28.7 Å². The largest absolute Gasteiger partial charge is 0.472 e. The Labute approximate surface area is 172 Å². The summed E-state index contributed by atoms with van der Waals surface area (Å²) in [5.74, 6) is -1.13. The summed E-state index contributed by atoms with van der Waals surface area (Å²) < 4.78 is 21.6. The molecule has 8 nitrogen and oxygen atoms in total. The molecular weight excluding hydrogens is 389 g/mol. The second kappa shape index (κ2) is 8.50. The van der Waals surface area contributed by atoms with Crippen molar-refractivity contribution in [3.8, 4) is 0 Å². The van der Waals surface area contributed by atoms with Gasteiger partial charge in [-0.3, -0.25) is 9.59 Å². The molecule has 1 aliphatic rings. The van der Waals surface area contributed by atoms with Crippen LogP contribution in [-0.2, 0) is 6.54 Å². The van der Waals surface area contributed by atoms with E-state index in [4.69, 9.17) is 4.42 Å². The van der Waals surface area contributed by atoms with Gasteiger partial charge in [-0.25, -0.2) is 9.82 Å². The number of hydrogen-bond donors (Lipinski definition) is 2. The van der Waals surface area contributed by atoms with E-state index in [0.717, 1.165) is 13.1 Å². The maximum atomic E-state index is 14.9. The van der Waals surface area contributed by atoms with Crippen molar-refractivity contribution in [1.29, 1.82) is 0 Å². The van der Waals surface area contributed by atoms with E-state index in [9.17, 15) is 14.0 Å². The molecule has 1 amide bonds. The van der Waals surface area contributed by atoms with Gasteiger partial charge in [0.25, 0.3) is 5.91 Å². The lowest BCUT2D eigenvalue weighted by Gasteiger charge is -2.30. The smallest absolute Gasteiger partial charge is 0.276 e. The average molecular weight is 411 g/mol. The quantitative estimate of drug-likeness (QED) is 0.495. The number of anilines is 1. The fourth-order valence-electron chi connectivity index (χ4n) is 3.54. The number of fused-ring (bicyclic) bond motifs is 1. The summed E-state index contributed by atoms with van der Waals surface area (Å²) in [5.41, 5.74) is 3.44. The van der Waals surface area contributed by atoms with Crippen molar-refractivity contribution in [2.75, 3.05) is 31.1 Å². The summed E-state index contributed by atoms with van der Waals surface area (Å²) in [5, 5.41) is 7.24. The lowest BCUT2D eigenvalue weighted by Crippen LogP contribution is -2.43. The molecule has 4 rings (SSSR count). The monoisotopic (exact) mass is 411 g/mol. The highest BCUT2D eigenvalue weighted by Gasteiger charge is 2.20. The predicted molar refractivity (Wildman–Crippen MR) is 113 cm³/mol. The minimum atomic E-state index is -0.657. The summed E-state index contributed by atoms with van der Waals surface area (Å²) in [6, 6.07) is 4.60. The second-order valence-corrected chi connectivity index (χ2v) is 6.97. The Morgan fingerprint density at radius 3 is 2.87 bits per heavy atom. The fourth-order valence-corrected chi connectivity index (χ4v) is 3.54. The fraction of sp³-hybridized carbons (Fsp3) is 0.286. The van der Waals surface area contributed by atoms with Crippen LogP contribution in [0.25, 0.3) is 10.9 Å². The normalized spacial score (nSPS) is 14.5. The molecule has 1 saturated heterocycles. The zero-order valence-electron chi connectivity index (χ0n) is 16.5. The molecule has 3 heterocycles. The standard InChI is InChI=1S/C21H22FN5O3/c1-2-26-12-16(21(29)25-24-11-14-3-8-30-13-14)20(28)15-9-17(22)19(10-18(15)26)27-6-4-23-5-7-27/h3,8-13,23H,2,4-7H2,1H3,(H,25,29)/b24-11+. The van der Waals surface area contributed by atoms with Crippen LogP contribution in [0.2, 0.25) is 0 Å². The summed E-state index contributed by atoms with van der Waals surface area (Å²) in [6.07, 6.45) is 5.84. The van der Waals surface area contributed by atoms with Crippen molar-refractivity contribution in [2.24, 2.45) is 5.10 Å². The number of pyridine rings is 1. The molecule has 156 valence electrons. The first-order chi connectivity index (χ1) is 14.6. The van der Waals surface area contributed by atoms with E-state index in [0.29, 0.717) is 36.4 Å². The number of hydrazone groups is 1. The summed E-state index contributed by atoms with van der Waals surface area (Å²) in [7, 11) is 0. The molecule has 3 aromatic rings. The van der Waals surface area contributed by atoms with Crippen molar-refractivity contribution < 1.29 is 13.6 Å². The van der Waals surface area contributed by atoms with Gasteiger partial charge in [-0.1, -0.05) is 0 Å². The van der Waals surface area contributed by atoms with E-state index >= 15 is 0 Å². The number of carbonyl (C=O) groups is 1. The number of nitrogens with one attached hydrogen (secondary N) is 2. The van der Waals surface area contributed by atoms with Crippen molar-refractivity contribution in [3.05, 3.63) is 64.1 Å². The van der Waals surface area contributed by atoms with Gasteiger partial charge in [-0.05, 0) is 25.1 Å². The maximum absolute atomic E-state index is 14.9. The molecule has 2 N–H and O–H groups in total. The third-order valence-electron chi connectivity index (χ3n) is 5.11. The van der Waals surface area contributed by atoms with Crippen LogP contribution in [-0.4, -0.2) is 42.9 Å². The number of piperazine rings is 1. The predicted octanol–water partition coefficient (Wildman–Crippen LogP) is 1.93. The molecule has 0 saturated carbocycles. The SMILES string of the molecule is CCn1cc(C(=O)N/N=C/c2ccoc2)c(=O)c2cc(F)c(N3CCNCC3)cc21. The lowest BCUT2D eigenvalue weighted by atomic mass is 10.1. The number of nitrogens with zero attached hydrogens (tertiary/aromatic N) is 3. The Morgan fingerprint density at radius 1 is 1.37 bits per heavy atom. The van der Waals surface area contributed by atoms with Crippen molar-refractivity contribution in [3.63, 3.8) is 0 Å². The topological polar surface area (TPSA) is 91.9 Å². The highest BCUT2D eigenvalue weighted by atomic mass is 19.1. The number of rotatable bonds is 5. The first-order valence-electron chi connectivity index (χ1n) is 9.76. The van der Waals surface area contributed by atoms with Gasteiger partial charge < -0.3 is 19.2 Å². The van der Waals surface area contributed by atoms with Gasteiger partial charge >= 0.3 is 0 Å². The van der Waals surface area contributed by atoms with Crippen LogP contribution in [0.1, 0.15) is 22.8 Å². The number of carbonyl (C=O) groups excluding carboxylic acids is 1. The van der Waals surface area contributed by atoms with E-state index in [1.54, 1.807) is 16.7 Å². The minimum absolute atomic E-state index is 0.0944. The molecule has 9 heteroatoms. The highest BCUT2D eigenvalue weighted by Crippen LogP contribution is 2.25. The molecular formula is C21H22FN5O3. The van der Waals surface area contributed by atoms with Crippen LogP contribution in [0.3, 0.4) is 0 Å². The molecule has 1 aliphatic heterocycles. The van der Waals surface area contributed by atoms with Crippen LogP contribution >= 0.6 is 0 Å². The number of halogens is 1. The van der Waals surface area contributed by atoms with Crippen LogP contribution in [0.15, 0.2) is 51.2 Å². The number of aryl methyl sites for hydroxylation is 1.